The van der Waals surface area contributed by atoms with E-state index in [-0.39, 0.29) is 28.6 Å². The van der Waals surface area contributed by atoms with Gasteiger partial charge in [-0.15, -0.1) is 0 Å². The van der Waals surface area contributed by atoms with Crippen LogP contribution >= 0.6 is 0 Å². The van der Waals surface area contributed by atoms with E-state index in [2.05, 4.69) is 31.1 Å². The number of pyridine rings is 1. The van der Waals surface area contributed by atoms with E-state index in [4.69, 9.17) is 0 Å². The maximum absolute atomic E-state index is 13.5. The third-order valence-corrected chi connectivity index (χ3v) is 9.98. The summed E-state index contributed by atoms with van der Waals surface area (Å²) in [4.78, 5) is 32.5. The summed E-state index contributed by atoms with van der Waals surface area (Å²) in [6.45, 7) is 11.1. The molecule has 0 bridgehead atoms. The number of carbonyl (C=O) groups is 2. The van der Waals surface area contributed by atoms with Gasteiger partial charge in [-0.2, -0.15) is 0 Å². The maximum Gasteiger partial charge on any atom is 0.229 e. The van der Waals surface area contributed by atoms with Crippen molar-refractivity contribution in [2.24, 2.45) is 34.5 Å². The van der Waals surface area contributed by atoms with E-state index in [1.165, 1.54) is 11.3 Å². The fourth-order valence-corrected chi connectivity index (χ4v) is 8.66. The fraction of sp³-hybridized carbons (Fsp3) is 0.679. The number of carbonyl (C=O) groups excluding carboxylic acids is 2. The third kappa shape index (κ3) is 3.37. The van der Waals surface area contributed by atoms with Gasteiger partial charge in [0.25, 0.3) is 0 Å². The number of aromatic nitrogens is 1. The Balaban J connectivity index is 1.41. The number of nitrogens with one attached hydrogen (secondary N) is 1. The summed E-state index contributed by atoms with van der Waals surface area (Å²) in [6.07, 6.45) is 7.03. The van der Waals surface area contributed by atoms with Crippen molar-refractivity contribution in [3.8, 4) is 0 Å². The smallest absolute Gasteiger partial charge is 0.229 e. The van der Waals surface area contributed by atoms with Gasteiger partial charge in [-0.05, 0) is 100 Å². The number of likely N-dealkylation sites (tertiary alicyclic amines) is 1. The highest BCUT2D eigenvalue weighted by Crippen LogP contribution is 2.66. The minimum Gasteiger partial charge on any atom is -0.319 e. The number of amides is 2. The molecule has 5 nitrogen and oxygen atoms in total. The minimum atomic E-state index is 0.0364. The standard InChI is InChI=1S/C28H39N3O2/c1-16-13-18(3)29-23(14-16)30-26(33)22-8-7-20-19-15-17(2)25-28(5,12-10-24(32)31(25)6)21(19)9-11-27(20,22)4/h13-14,19-22H,7-12,15H2,1-6H3,(H,29,30,33)/t19-,20-,21+,22?,27-,28+/m0/s1. The number of anilines is 1. The molecule has 0 aromatic carbocycles. The van der Waals surface area contributed by atoms with Gasteiger partial charge >= 0.3 is 0 Å². The molecule has 4 aliphatic rings. The molecule has 178 valence electrons. The molecule has 33 heavy (non-hydrogen) atoms. The van der Waals surface area contributed by atoms with Crippen LogP contribution in [-0.4, -0.2) is 28.7 Å². The van der Waals surface area contributed by atoms with Gasteiger partial charge in [0.2, 0.25) is 11.8 Å². The molecule has 5 rings (SSSR count). The van der Waals surface area contributed by atoms with Gasteiger partial charge in [-0.1, -0.05) is 19.4 Å². The lowest BCUT2D eigenvalue weighted by atomic mass is 9.48. The summed E-state index contributed by atoms with van der Waals surface area (Å²) < 4.78 is 0. The highest BCUT2D eigenvalue weighted by Gasteiger charge is 2.61. The second-order valence-corrected chi connectivity index (χ2v) is 11.9. The van der Waals surface area contributed by atoms with Crippen LogP contribution in [0.2, 0.25) is 0 Å². The van der Waals surface area contributed by atoms with Gasteiger partial charge in [0, 0.05) is 36.2 Å². The SMILES string of the molecule is CC1=C2N(C)C(=O)CC[C@]2(C)[C@@H]2CC[C@]3(C)C(C(=O)Nc4cc(C)cc(C)n4)CC[C@H]3[C@@H]2C1. The first-order valence-corrected chi connectivity index (χ1v) is 12.8. The van der Waals surface area contributed by atoms with Gasteiger partial charge in [0.1, 0.15) is 5.82 Å². The van der Waals surface area contributed by atoms with Crippen molar-refractivity contribution in [2.45, 2.75) is 79.6 Å². The molecule has 1 unspecified atom stereocenters. The minimum absolute atomic E-state index is 0.0364. The van der Waals surface area contributed by atoms with Crippen LogP contribution in [0.1, 0.15) is 77.0 Å². The van der Waals surface area contributed by atoms with Crippen LogP contribution in [0.4, 0.5) is 5.82 Å². The summed E-state index contributed by atoms with van der Waals surface area (Å²) in [6, 6.07) is 4.00. The molecular formula is C28H39N3O2. The fourth-order valence-electron chi connectivity index (χ4n) is 8.66. The van der Waals surface area contributed by atoms with Crippen LogP contribution in [0, 0.1) is 48.3 Å². The van der Waals surface area contributed by atoms with Crippen molar-refractivity contribution in [1.82, 2.24) is 9.88 Å². The molecule has 3 fully saturated rings. The molecule has 1 saturated heterocycles. The quantitative estimate of drug-likeness (QED) is 0.636. The average Bonchev–Trinajstić information content (AvgIpc) is 3.08. The van der Waals surface area contributed by atoms with Gasteiger partial charge in [-0.3, -0.25) is 9.59 Å². The van der Waals surface area contributed by atoms with Crippen molar-refractivity contribution in [2.75, 3.05) is 12.4 Å². The van der Waals surface area contributed by atoms with Crippen molar-refractivity contribution >= 4 is 17.6 Å². The predicted octanol–water partition coefficient (Wildman–Crippen LogP) is 5.63. The number of fused-ring (bicyclic) bond motifs is 5. The molecule has 2 saturated carbocycles. The topological polar surface area (TPSA) is 62.3 Å². The third-order valence-electron chi connectivity index (χ3n) is 9.98. The second kappa shape index (κ2) is 7.68. The number of allylic oxidation sites excluding steroid dienone is 2. The lowest BCUT2D eigenvalue weighted by molar-refractivity contribution is -0.137. The normalized spacial score (nSPS) is 38.0. The average molecular weight is 450 g/mol. The Bertz CT molecular complexity index is 1030. The Morgan fingerprint density at radius 3 is 2.58 bits per heavy atom. The molecule has 1 aromatic rings. The largest absolute Gasteiger partial charge is 0.319 e. The molecule has 1 aliphatic heterocycles. The van der Waals surface area contributed by atoms with Crippen LogP contribution in [0.5, 0.6) is 0 Å². The van der Waals surface area contributed by atoms with E-state index in [0.717, 1.165) is 49.8 Å². The number of nitrogens with zero attached hydrogens (tertiary/aromatic N) is 2. The predicted molar refractivity (Wildman–Crippen MR) is 130 cm³/mol. The first kappa shape index (κ1) is 22.6. The molecule has 2 amide bonds. The van der Waals surface area contributed by atoms with Gasteiger partial charge in [-0.25, -0.2) is 4.98 Å². The van der Waals surface area contributed by atoms with Crippen LogP contribution in [0.25, 0.3) is 0 Å². The molecule has 1 aromatic heterocycles. The van der Waals surface area contributed by atoms with E-state index in [9.17, 15) is 9.59 Å². The Labute approximate surface area is 198 Å². The first-order valence-electron chi connectivity index (χ1n) is 12.8. The van der Waals surface area contributed by atoms with Crippen LogP contribution in [0.15, 0.2) is 23.4 Å². The maximum atomic E-state index is 13.5. The Morgan fingerprint density at radius 2 is 1.85 bits per heavy atom. The Morgan fingerprint density at radius 1 is 1.09 bits per heavy atom. The summed E-state index contributed by atoms with van der Waals surface area (Å²) in [7, 11) is 1.98. The number of rotatable bonds is 2. The highest BCUT2D eigenvalue weighted by atomic mass is 16.2. The van der Waals surface area contributed by atoms with E-state index in [1.54, 1.807) is 0 Å². The van der Waals surface area contributed by atoms with Crippen molar-refractivity contribution in [3.63, 3.8) is 0 Å². The summed E-state index contributed by atoms with van der Waals surface area (Å²) in [5.41, 5.74) is 4.88. The molecular weight excluding hydrogens is 410 g/mol. The van der Waals surface area contributed by atoms with E-state index < -0.39 is 0 Å². The van der Waals surface area contributed by atoms with Gasteiger partial charge in [0.15, 0.2) is 0 Å². The highest BCUT2D eigenvalue weighted by molar-refractivity contribution is 5.92. The molecule has 3 aliphatic carbocycles. The number of hydrogen-bond acceptors (Lipinski definition) is 3. The Hall–Kier alpha value is -2.17. The van der Waals surface area contributed by atoms with E-state index in [1.807, 2.05) is 37.9 Å². The number of aryl methyl sites for hydroxylation is 2. The van der Waals surface area contributed by atoms with E-state index >= 15 is 0 Å². The summed E-state index contributed by atoms with van der Waals surface area (Å²) in [5.74, 6) is 2.91. The van der Waals surface area contributed by atoms with Crippen molar-refractivity contribution in [3.05, 3.63) is 34.7 Å². The Kier molecular flexibility index (Phi) is 5.26. The summed E-state index contributed by atoms with van der Waals surface area (Å²) >= 11 is 0. The van der Waals surface area contributed by atoms with Gasteiger partial charge < -0.3 is 10.2 Å². The molecule has 5 heteroatoms. The zero-order valence-corrected chi connectivity index (χ0v) is 21.1. The molecule has 2 heterocycles. The lowest BCUT2D eigenvalue weighted by Crippen LogP contribution is -2.54. The van der Waals surface area contributed by atoms with E-state index in [0.29, 0.717) is 30.0 Å². The van der Waals surface area contributed by atoms with Crippen molar-refractivity contribution < 1.29 is 9.59 Å². The molecule has 0 spiro atoms. The number of hydrogen-bond donors (Lipinski definition) is 1. The summed E-state index contributed by atoms with van der Waals surface area (Å²) in [5, 5.41) is 3.16. The monoisotopic (exact) mass is 449 g/mol. The van der Waals surface area contributed by atoms with Gasteiger partial charge in [0.05, 0.1) is 0 Å². The molecule has 0 radical (unpaired) electrons. The zero-order valence-electron chi connectivity index (χ0n) is 21.1. The number of piperidine rings is 1. The molecule has 6 atom stereocenters. The van der Waals surface area contributed by atoms with Crippen LogP contribution in [-0.2, 0) is 9.59 Å². The lowest BCUT2D eigenvalue weighted by Gasteiger charge is -2.59. The molecule has 1 N–H and O–H groups in total. The van der Waals surface area contributed by atoms with Crippen LogP contribution in [0.3, 0.4) is 0 Å². The first-order chi connectivity index (χ1) is 15.5. The zero-order chi connectivity index (χ0) is 23.7. The van der Waals surface area contributed by atoms with Crippen molar-refractivity contribution in [1.29, 1.82) is 0 Å². The second-order valence-electron chi connectivity index (χ2n) is 11.9. The van der Waals surface area contributed by atoms with Crippen LogP contribution < -0.4 is 5.32 Å².